The predicted octanol–water partition coefficient (Wildman–Crippen LogP) is 3.24. The highest BCUT2D eigenvalue weighted by Crippen LogP contribution is 2.50. The maximum atomic E-state index is 13.1. The van der Waals surface area contributed by atoms with Crippen molar-refractivity contribution in [2.45, 2.75) is 12.3 Å². The van der Waals surface area contributed by atoms with Crippen LogP contribution in [0.25, 0.3) is 11.3 Å². The first-order chi connectivity index (χ1) is 14.6. The van der Waals surface area contributed by atoms with Gasteiger partial charge in [0.2, 0.25) is 5.91 Å². The van der Waals surface area contributed by atoms with Crippen LogP contribution in [0, 0.1) is 5.92 Å². The van der Waals surface area contributed by atoms with Crippen LogP contribution in [-0.2, 0) is 11.8 Å². The van der Waals surface area contributed by atoms with Gasteiger partial charge in [-0.15, -0.1) is 11.3 Å². The smallest absolute Gasteiger partial charge is 0.272 e. The zero-order valence-corrected chi connectivity index (χ0v) is 17.7. The fourth-order valence-corrected chi connectivity index (χ4v) is 5.14. The maximum Gasteiger partial charge on any atom is 0.272 e. The minimum absolute atomic E-state index is 0.0258. The van der Waals surface area contributed by atoms with Crippen molar-refractivity contribution in [1.82, 2.24) is 19.6 Å². The third-order valence-corrected chi connectivity index (χ3v) is 7.07. The molecule has 30 heavy (non-hydrogen) atoms. The molecule has 2 amide bonds. The van der Waals surface area contributed by atoms with Gasteiger partial charge in [0.15, 0.2) is 0 Å². The number of hydrogen-bond acceptors (Lipinski definition) is 4. The van der Waals surface area contributed by atoms with E-state index in [1.54, 1.807) is 23.1 Å². The van der Waals surface area contributed by atoms with E-state index in [0.717, 1.165) is 17.7 Å². The van der Waals surface area contributed by atoms with Gasteiger partial charge in [-0.1, -0.05) is 36.4 Å². The Morgan fingerprint density at radius 1 is 1.00 bits per heavy atom. The molecule has 0 N–H and O–H groups in total. The second kappa shape index (κ2) is 7.72. The number of thiophene rings is 1. The van der Waals surface area contributed by atoms with Gasteiger partial charge in [-0.3, -0.25) is 14.3 Å². The van der Waals surface area contributed by atoms with Crippen LogP contribution in [0.15, 0.2) is 53.9 Å². The topological polar surface area (TPSA) is 58.4 Å². The number of hydrogen-bond donors (Lipinski definition) is 0. The first-order valence-corrected chi connectivity index (χ1v) is 11.2. The van der Waals surface area contributed by atoms with Crippen LogP contribution in [0.1, 0.15) is 27.7 Å². The first-order valence-electron chi connectivity index (χ1n) is 10.3. The number of nitrogens with zero attached hydrogens (tertiary/aromatic N) is 4. The lowest BCUT2D eigenvalue weighted by Crippen LogP contribution is -2.51. The number of amides is 2. The highest BCUT2D eigenvalue weighted by Gasteiger charge is 2.46. The van der Waals surface area contributed by atoms with Crippen molar-refractivity contribution < 1.29 is 9.59 Å². The molecule has 0 radical (unpaired) electrons. The average Bonchev–Trinajstić information content (AvgIpc) is 3.19. The number of aromatic nitrogens is 2. The van der Waals surface area contributed by atoms with Gasteiger partial charge in [-0.2, -0.15) is 5.10 Å². The van der Waals surface area contributed by atoms with Gasteiger partial charge in [0.25, 0.3) is 5.91 Å². The highest BCUT2D eigenvalue weighted by atomic mass is 32.1. The van der Waals surface area contributed by atoms with Gasteiger partial charge in [0, 0.05) is 55.5 Å². The highest BCUT2D eigenvalue weighted by molar-refractivity contribution is 7.10. The van der Waals surface area contributed by atoms with Crippen molar-refractivity contribution in [2.75, 3.05) is 26.2 Å². The van der Waals surface area contributed by atoms with Gasteiger partial charge < -0.3 is 9.80 Å². The van der Waals surface area contributed by atoms with Crippen LogP contribution in [-0.4, -0.2) is 57.6 Å². The van der Waals surface area contributed by atoms with Gasteiger partial charge in [-0.25, -0.2) is 0 Å². The molecule has 1 aliphatic carbocycles. The van der Waals surface area contributed by atoms with E-state index in [9.17, 15) is 9.59 Å². The van der Waals surface area contributed by atoms with Crippen LogP contribution in [0.2, 0.25) is 0 Å². The molecule has 1 aromatic carbocycles. The fraction of sp³-hybridized carbons (Fsp3) is 0.348. The molecule has 0 spiro atoms. The summed E-state index contributed by atoms with van der Waals surface area (Å²) in [4.78, 5) is 31.0. The first kappa shape index (κ1) is 19.1. The molecule has 0 unspecified atom stereocenters. The molecule has 2 fully saturated rings. The van der Waals surface area contributed by atoms with E-state index < -0.39 is 0 Å². The van der Waals surface area contributed by atoms with Crippen LogP contribution in [0.5, 0.6) is 0 Å². The summed E-state index contributed by atoms with van der Waals surface area (Å²) >= 11 is 1.73. The second-order valence-corrected chi connectivity index (χ2v) is 8.97. The van der Waals surface area contributed by atoms with Gasteiger partial charge in [0.1, 0.15) is 5.69 Å². The average molecular weight is 421 g/mol. The number of benzene rings is 1. The number of carbonyl (C=O) groups excluding carboxylic acids is 2. The Bertz CT molecular complexity index is 1050. The summed E-state index contributed by atoms with van der Waals surface area (Å²) < 4.78 is 1.65. The Balaban J connectivity index is 1.20. The van der Waals surface area contributed by atoms with E-state index in [2.05, 4.69) is 16.5 Å². The summed E-state index contributed by atoms with van der Waals surface area (Å²) in [6.07, 6.45) is 0.954. The normalized spacial score (nSPS) is 21.0. The number of carbonyl (C=O) groups is 2. The summed E-state index contributed by atoms with van der Waals surface area (Å²) in [6.45, 7) is 2.32. The monoisotopic (exact) mass is 420 g/mol. The van der Waals surface area contributed by atoms with Gasteiger partial charge in [0.05, 0.1) is 5.69 Å². The van der Waals surface area contributed by atoms with E-state index in [0.29, 0.717) is 37.8 Å². The minimum atomic E-state index is -0.0258. The Labute approximate surface area is 179 Å². The molecule has 3 aromatic rings. The summed E-state index contributed by atoms with van der Waals surface area (Å²) in [5, 5.41) is 6.58. The molecule has 5 rings (SSSR count). The lowest BCUT2D eigenvalue weighted by molar-refractivity contribution is -0.134. The lowest BCUT2D eigenvalue weighted by Gasteiger charge is -2.35. The molecule has 154 valence electrons. The van der Waals surface area contributed by atoms with Crippen LogP contribution in [0.4, 0.5) is 0 Å². The van der Waals surface area contributed by atoms with E-state index >= 15 is 0 Å². The molecule has 0 bridgehead atoms. The van der Waals surface area contributed by atoms with Gasteiger partial charge >= 0.3 is 0 Å². The molecule has 2 atom stereocenters. The lowest BCUT2D eigenvalue weighted by atomic mass is 10.1. The maximum absolute atomic E-state index is 13.1. The Hall–Kier alpha value is -2.93. The minimum Gasteiger partial charge on any atom is -0.339 e. The quantitative estimate of drug-likeness (QED) is 0.651. The Kier molecular flexibility index (Phi) is 4.90. The van der Waals surface area contributed by atoms with E-state index in [-0.39, 0.29) is 17.7 Å². The van der Waals surface area contributed by atoms with Crippen molar-refractivity contribution in [3.63, 3.8) is 0 Å². The summed E-state index contributed by atoms with van der Waals surface area (Å²) in [5.74, 6) is 0.731. The molecule has 1 saturated carbocycles. The zero-order valence-electron chi connectivity index (χ0n) is 16.9. The largest absolute Gasteiger partial charge is 0.339 e. The molecule has 1 saturated heterocycles. The molecule has 1 aliphatic heterocycles. The van der Waals surface area contributed by atoms with Crippen molar-refractivity contribution in [3.8, 4) is 11.3 Å². The van der Waals surface area contributed by atoms with Crippen LogP contribution < -0.4 is 0 Å². The molecule has 6 nitrogen and oxygen atoms in total. The third-order valence-electron chi connectivity index (χ3n) is 6.06. The molecule has 7 heteroatoms. The van der Waals surface area contributed by atoms with Crippen LogP contribution in [0.3, 0.4) is 0 Å². The predicted molar refractivity (Wildman–Crippen MR) is 116 cm³/mol. The van der Waals surface area contributed by atoms with E-state index in [1.807, 2.05) is 52.3 Å². The molecule has 2 aromatic heterocycles. The van der Waals surface area contributed by atoms with E-state index in [1.165, 1.54) is 4.88 Å². The van der Waals surface area contributed by atoms with E-state index in [4.69, 9.17) is 0 Å². The molecule has 3 heterocycles. The number of piperazine rings is 1. The van der Waals surface area contributed by atoms with Crippen molar-refractivity contribution in [2.24, 2.45) is 13.0 Å². The third kappa shape index (κ3) is 3.54. The van der Waals surface area contributed by atoms with Crippen molar-refractivity contribution in [3.05, 3.63) is 64.5 Å². The van der Waals surface area contributed by atoms with Crippen LogP contribution >= 0.6 is 11.3 Å². The molecular weight excluding hydrogens is 396 g/mol. The SMILES string of the molecule is Cn1nc(-c2ccccc2)cc1C(=O)N1CCN(C(=O)[C@H]2C[C@@H]2c2cccs2)CC1. The van der Waals surface area contributed by atoms with Crippen molar-refractivity contribution >= 4 is 23.2 Å². The Morgan fingerprint density at radius 2 is 1.73 bits per heavy atom. The summed E-state index contributed by atoms with van der Waals surface area (Å²) in [5.41, 5.74) is 2.37. The second-order valence-electron chi connectivity index (χ2n) is 7.99. The standard InChI is InChI=1S/C23H24N4O2S/c1-25-20(15-19(24-25)16-6-3-2-4-7-16)23(29)27-11-9-26(10-12-27)22(28)18-14-17(18)21-8-5-13-30-21/h2-8,13,15,17-18H,9-12,14H2,1H3/t17-,18-/m0/s1. The number of aryl methyl sites for hydroxylation is 1. The Morgan fingerprint density at radius 3 is 2.43 bits per heavy atom. The zero-order chi connectivity index (χ0) is 20.7. The molecular formula is C23H24N4O2S. The summed E-state index contributed by atoms with van der Waals surface area (Å²) in [6, 6.07) is 15.9. The van der Waals surface area contributed by atoms with Gasteiger partial charge in [-0.05, 0) is 23.9 Å². The fourth-order valence-electron chi connectivity index (χ4n) is 4.23. The number of rotatable bonds is 4. The molecule has 2 aliphatic rings. The summed E-state index contributed by atoms with van der Waals surface area (Å²) in [7, 11) is 1.80. The van der Waals surface area contributed by atoms with Crippen molar-refractivity contribution in [1.29, 1.82) is 0 Å².